The molecule has 2 aliphatic rings. The number of hydrogen-bond donors (Lipinski definition) is 2. The molecule has 0 aromatic heterocycles. The number of nitrogens with zero attached hydrogens (tertiary/aromatic N) is 1. The van der Waals surface area contributed by atoms with Crippen molar-refractivity contribution in [1.82, 2.24) is 10.2 Å². The van der Waals surface area contributed by atoms with Crippen LogP contribution in [-0.2, 0) is 4.79 Å². The third-order valence-electron chi connectivity index (χ3n) is 3.49. The summed E-state index contributed by atoms with van der Waals surface area (Å²) in [6.07, 6.45) is 2.43. The second-order valence-corrected chi connectivity index (χ2v) is 4.50. The van der Waals surface area contributed by atoms with E-state index in [0.29, 0.717) is 6.54 Å². The van der Waals surface area contributed by atoms with Gasteiger partial charge in [0.05, 0.1) is 6.54 Å². The monoisotopic (exact) mass is 197 g/mol. The number of nitrogens with two attached hydrogens (primary N) is 1. The second kappa shape index (κ2) is 4.28. The highest BCUT2D eigenvalue weighted by Crippen LogP contribution is 2.26. The summed E-state index contributed by atoms with van der Waals surface area (Å²) in [5.74, 6) is 1.45. The van der Waals surface area contributed by atoms with Crippen LogP contribution in [0.5, 0.6) is 0 Å². The molecule has 0 radical (unpaired) electrons. The van der Waals surface area contributed by atoms with E-state index in [0.717, 1.165) is 38.0 Å². The fourth-order valence-electron chi connectivity index (χ4n) is 2.65. The first-order valence-electron chi connectivity index (χ1n) is 5.47. The molecule has 2 atom stereocenters. The van der Waals surface area contributed by atoms with Crippen LogP contribution in [0.15, 0.2) is 0 Å². The van der Waals surface area contributed by atoms with Crippen LogP contribution in [0, 0.1) is 11.8 Å². The molecule has 0 bridgehead atoms. The fourth-order valence-corrected chi connectivity index (χ4v) is 2.65. The van der Waals surface area contributed by atoms with E-state index in [1.54, 1.807) is 0 Å². The summed E-state index contributed by atoms with van der Waals surface area (Å²) in [5, 5.41) is 3.44. The molecule has 4 nitrogen and oxygen atoms in total. The number of carbonyl (C=O) groups is 1. The summed E-state index contributed by atoms with van der Waals surface area (Å²) in [4.78, 5) is 13.0. The average molecular weight is 197 g/mol. The Balaban J connectivity index is 1.86. The molecule has 3 N–H and O–H groups in total. The minimum absolute atomic E-state index is 0.199. The smallest absolute Gasteiger partial charge is 0.231 e. The van der Waals surface area contributed by atoms with Gasteiger partial charge in [0, 0.05) is 0 Å². The van der Waals surface area contributed by atoms with Gasteiger partial charge in [-0.2, -0.15) is 0 Å². The van der Waals surface area contributed by atoms with Crippen molar-refractivity contribution >= 4 is 5.91 Å². The Labute approximate surface area is 84.8 Å². The number of fused-ring (bicyclic) bond motifs is 1. The molecule has 14 heavy (non-hydrogen) atoms. The number of hydrogen-bond acceptors (Lipinski definition) is 3. The summed E-state index contributed by atoms with van der Waals surface area (Å²) >= 11 is 0. The van der Waals surface area contributed by atoms with Gasteiger partial charge in [-0.25, -0.2) is 0 Å². The van der Waals surface area contributed by atoms with E-state index in [-0.39, 0.29) is 5.91 Å². The zero-order chi connectivity index (χ0) is 9.97. The van der Waals surface area contributed by atoms with Gasteiger partial charge in [0.15, 0.2) is 0 Å². The highest BCUT2D eigenvalue weighted by atomic mass is 16.1. The third-order valence-corrected chi connectivity index (χ3v) is 3.49. The predicted octanol–water partition coefficient (Wildman–Crippen LogP) is -0.597. The first kappa shape index (κ1) is 9.93. The molecule has 0 aromatic rings. The standard InChI is InChI=1S/C10H19N3O/c11-10(14)7-13-3-1-8-5-12-6-9(8)2-4-13/h8-9,12H,1-7H2,(H2,11,14). The minimum Gasteiger partial charge on any atom is -0.369 e. The molecule has 0 aromatic carbocycles. The topological polar surface area (TPSA) is 58.4 Å². The Morgan fingerprint density at radius 1 is 1.29 bits per heavy atom. The van der Waals surface area contributed by atoms with Crippen molar-refractivity contribution in [2.75, 3.05) is 32.7 Å². The van der Waals surface area contributed by atoms with Crippen molar-refractivity contribution in [2.45, 2.75) is 12.8 Å². The zero-order valence-electron chi connectivity index (χ0n) is 8.54. The Morgan fingerprint density at radius 3 is 2.36 bits per heavy atom. The van der Waals surface area contributed by atoms with Crippen molar-refractivity contribution in [2.24, 2.45) is 17.6 Å². The van der Waals surface area contributed by atoms with Gasteiger partial charge in [0.2, 0.25) is 5.91 Å². The number of carbonyl (C=O) groups excluding carboxylic acids is 1. The quantitative estimate of drug-likeness (QED) is 0.621. The molecule has 2 heterocycles. The molecule has 0 saturated carbocycles. The van der Waals surface area contributed by atoms with E-state index >= 15 is 0 Å². The van der Waals surface area contributed by atoms with E-state index in [1.807, 2.05) is 0 Å². The highest BCUT2D eigenvalue weighted by molar-refractivity contribution is 5.75. The largest absolute Gasteiger partial charge is 0.369 e. The van der Waals surface area contributed by atoms with Gasteiger partial charge in [-0.3, -0.25) is 9.69 Å². The van der Waals surface area contributed by atoms with Gasteiger partial charge in [0.25, 0.3) is 0 Å². The van der Waals surface area contributed by atoms with E-state index < -0.39 is 0 Å². The van der Waals surface area contributed by atoms with Gasteiger partial charge >= 0.3 is 0 Å². The maximum absolute atomic E-state index is 10.8. The summed E-state index contributed by atoms with van der Waals surface area (Å²) in [6, 6.07) is 0. The van der Waals surface area contributed by atoms with Crippen LogP contribution in [0.25, 0.3) is 0 Å². The normalized spacial score (nSPS) is 33.7. The molecule has 2 saturated heterocycles. The number of rotatable bonds is 2. The van der Waals surface area contributed by atoms with E-state index in [1.165, 1.54) is 12.8 Å². The summed E-state index contributed by atoms with van der Waals surface area (Å²) in [6.45, 7) is 4.83. The van der Waals surface area contributed by atoms with Crippen LogP contribution in [0.2, 0.25) is 0 Å². The SMILES string of the molecule is NC(=O)CN1CCC2CNCC2CC1. The average Bonchev–Trinajstić information content (AvgIpc) is 2.50. The molecule has 80 valence electrons. The fraction of sp³-hybridized carbons (Fsp3) is 0.900. The van der Waals surface area contributed by atoms with Crippen molar-refractivity contribution in [3.8, 4) is 0 Å². The Morgan fingerprint density at radius 2 is 1.86 bits per heavy atom. The number of likely N-dealkylation sites (tertiary alicyclic amines) is 1. The summed E-state index contributed by atoms with van der Waals surface area (Å²) in [5.41, 5.74) is 5.20. The third kappa shape index (κ3) is 2.25. The lowest BCUT2D eigenvalue weighted by Crippen LogP contribution is -2.34. The van der Waals surface area contributed by atoms with Crippen LogP contribution >= 0.6 is 0 Å². The molecule has 4 heteroatoms. The van der Waals surface area contributed by atoms with E-state index in [4.69, 9.17) is 5.73 Å². The van der Waals surface area contributed by atoms with Crippen LogP contribution < -0.4 is 11.1 Å². The van der Waals surface area contributed by atoms with Gasteiger partial charge in [-0.05, 0) is 50.9 Å². The molecule has 0 aliphatic carbocycles. The van der Waals surface area contributed by atoms with Crippen molar-refractivity contribution in [3.05, 3.63) is 0 Å². The molecular formula is C10H19N3O. The second-order valence-electron chi connectivity index (χ2n) is 4.50. The lowest BCUT2D eigenvalue weighted by molar-refractivity contribution is -0.119. The van der Waals surface area contributed by atoms with Gasteiger partial charge in [-0.15, -0.1) is 0 Å². The summed E-state index contributed by atoms with van der Waals surface area (Å²) < 4.78 is 0. The Hall–Kier alpha value is -0.610. The van der Waals surface area contributed by atoms with Crippen LogP contribution in [0.1, 0.15) is 12.8 Å². The highest BCUT2D eigenvalue weighted by Gasteiger charge is 2.30. The number of primary amides is 1. The molecule has 2 rings (SSSR count). The van der Waals surface area contributed by atoms with Gasteiger partial charge in [0.1, 0.15) is 0 Å². The number of amides is 1. The molecule has 2 fully saturated rings. The van der Waals surface area contributed by atoms with Crippen molar-refractivity contribution in [1.29, 1.82) is 0 Å². The van der Waals surface area contributed by atoms with Crippen LogP contribution in [-0.4, -0.2) is 43.5 Å². The Bertz CT molecular complexity index is 205. The maximum atomic E-state index is 10.8. The first-order valence-corrected chi connectivity index (χ1v) is 5.47. The molecule has 2 aliphatic heterocycles. The predicted molar refractivity (Wildman–Crippen MR) is 54.7 cm³/mol. The molecule has 2 unspecified atom stereocenters. The van der Waals surface area contributed by atoms with Crippen LogP contribution in [0.4, 0.5) is 0 Å². The molecule has 1 amide bonds. The zero-order valence-corrected chi connectivity index (χ0v) is 8.54. The first-order chi connectivity index (χ1) is 6.75. The minimum atomic E-state index is -0.199. The maximum Gasteiger partial charge on any atom is 0.231 e. The summed E-state index contributed by atoms with van der Waals surface area (Å²) in [7, 11) is 0. The van der Waals surface area contributed by atoms with Crippen molar-refractivity contribution in [3.63, 3.8) is 0 Å². The van der Waals surface area contributed by atoms with E-state index in [2.05, 4.69) is 10.2 Å². The van der Waals surface area contributed by atoms with Crippen LogP contribution in [0.3, 0.4) is 0 Å². The van der Waals surface area contributed by atoms with E-state index in [9.17, 15) is 4.79 Å². The lowest BCUT2D eigenvalue weighted by atomic mass is 9.92. The lowest BCUT2D eigenvalue weighted by Gasteiger charge is -2.17. The van der Waals surface area contributed by atoms with Crippen molar-refractivity contribution < 1.29 is 4.79 Å². The Kier molecular flexibility index (Phi) is 3.03. The molecular weight excluding hydrogens is 178 g/mol. The van der Waals surface area contributed by atoms with Gasteiger partial charge in [-0.1, -0.05) is 0 Å². The number of nitrogens with one attached hydrogen (secondary N) is 1. The molecule has 0 spiro atoms. The van der Waals surface area contributed by atoms with Gasteiger partial charge < -0.3 is 11.1 Å².